The molecule has 1 heterocycles. The van der Waals surface area contributed by atoms with E-state index < -0.39 is 0 Å². The van der Waals surface area contributed by atoms with E-state index in [-0.39, 0.29) is 0 Å². The van der Waals surface area contributed by atoms with Crippen molar-refractivity contribution in [3.05, 3.63) is 29.8 Å². The van der Waals surface area contributed by atoms with Gasteiger partial charge in [0.15, 0.2) is 0 Å². The summed E-state index contributed by atoms with van der Waals surface area (Å²) in [6.45, 7) is 6.13. The molecule has 1 nitrogen and oxygen atoms in total. The second kappa shape index (κ2) is 6.34. The Labute approximate surface area is 134 Å². The summed E-state index contributed by atoms with van der Waals surface area (Å²) >= 11 is 2.06. The minimum Gasteiger partial charge on any atom is -0.319 e. The van der Waals surface area contributed by atoms with Crippen molar-refractivity contribution in [1.29, 1.82) is 0 Å². The molecule has 1 fully saturated rings. The van der Waals surface area contributed by atoms with Crippen molar-refractivity contribution in [1.82, 2.24) is 5.32 Å². The zero-order valence-electron chi connectivity index (χ0n) is 13.7. The van der Waals surface area contributed by atoms with E-state index in [2.05, 4.69) is 62.2 Å². The topological polar surface area (TPSA) is 12.0 Å². The van der Waals surface area contributed by atoms with E-state index in [4.69, 9.17) is 0 Å². The normalized spacial score (nSPS) is 31.1. The Balaban J connectivity index is 1.72. The monoisotopic (exact) mass is 303 g/mol. The third kappa shape index (κ3) is 3.48. The van der Waals surface area contributed by atoms with E-state index in [9.17, 15) is 0 Å². The largest absolute Gasteiger partial charge is 0.319 e. The Morgan fingerprint density at radius 2 is 2.05 bits per heavy atom. The molecule has 0 amide bonds. The van der Waals surface area contributed by atoms with Crippen LogP contribution in [-0.2, 0) is 0 Å². The van der Waals surface area contributed by atoms with Crippen LogP contribution < -0.4 is 5.32 Å². The van der Waals surface area contributed by atoms with Crippen molar-refractivity contribution in [2.45, 2.75) is 50.3 Å². The second-order valence-electron chi connectivity index (χ2n) is 7.77. The summed E-state index contributed by atoms with van der Waals surface area (Å²) in [5.74, 6) is 3.84. The SMILES string of the molecule is CNCC1CCC(C)(C)CC1CC1CSc2ccccc21. The predicted molar refractivity (Wildman–Crippen MR) is 93.1 cm³/mol. The Morgan fingerprint density at radius 1 is 1.24 bits per heavy atom. The number of hydrogen-bond donors (Lipinski definition) is 1. The standard InChI is InChI=1S/C19H29NS/c1-19(2)9-8-14(12-20-3)15(11-19)10-16-13-21-18-7-5-4-6-17(16)18/h4-7,14-16,20H,8-13H2,1-3H3. The summed E-state index contributed by atoms with van der Waals surface area (Å²) in [6, 6.07) is 9.06. The molecule has 21 heavy (non-hydrogen) atoms. The minimum atomic E-state index is 0.542. The third-order valence-electron chi connectivity index (χ3n) is 5.53. The molecule has 116 valence electrons. The highest BCUT2D eigenvalue weighted by Gasteiger charge is 2.37. The van der Waals surface area contributed by atoms with Gasteiger partial charge in [-0.1, -0.05) is 32.0 Å². The molecule has 0 bridgehead atoms. The Hall–Kier alpha value is -0.470. The molecule has 0 aromatic heterocycles. The van der Waals surface area contributed by atoms with Crippen LogP contribution in [0.2, 0.25) is 0 Å². The van der Waals surface area contributed by atoms with Gasteiger partial charge in [-0.15, -0.1) is 11.8 Å². The summed E-state index contributed by atoms with van der Waals surface area (Å²) in [4.78, 5) is 1.53. The molecule has 2 aliphatic rings. The lowest BCUT2D eigenvalue weighted by molar-refractivity contribution is 0.107. The molecule has 0 radical (unpaired) electrons. The maximum absolute atomic E-state index is 3.43. The lowest BCUT2D eigenvalue weighted by atomic mass is 9.64. The lowest BCUT2D eigenvalue weighted by Crippen LogP contribution is -2.35. The molecule has 3 rings (SSSR count). The summed E-state index contributed by atoms with van der Waals surface area (Å²) in [5, 5.41) is 3.43. The third-order valence-corrected chi connectivity index (χ3v) is 6.78. The number of nitrogens with one attached hydrogen (secondary N) is 1. The number of hydrogen-bond acceptors (Lipinski definition) is 2. The fourth-order valence-electron chi connectivity index (χ4n) is 4.39. The Kier molecular flexibility index (Phi) is 4.66. The second-order valence-corrected chi connectivity index (χ2v) is 8.83. The molecule has 1 N–H and O–H groups in total. The zero-order chi connectivity index (χ0) is 14.9. The van der Waals surface area contributed by atoms with Crippen molar-refractivity contribution in [2.75, 3.05) is 19.3 Å². The van der Waals surface area contributed by atoms with Gasteiger partial charge in [-0.3, -0.25) is 0 Å². The predicted octanol–water partition coefficient (Wildman–Crippen LogP) is 4.93. The van der Waals surface area contributed by atoms with Crippen LogP contribution in [0.15, 0.2) is 29.2 Å². The van der Waals surface area contributed by atoms with E-state index in [1.807, 2.05) is 0 Å². The summed E-state index contributed by atoms with van der Waals surface area (Å²) in [5.41, 5.74) is 2.16. The number of benzene rings is 1. The summed E-state index contributed by atoms with van der Waals surface area (Å²) < 4.78 is 0. The number of rotatable bonds is 4. The van der Waals surface area contributed by atoms with Crippen LogP contribution in [0.1, 0.15) is 51.0 Å². The van der Waals surface area contributed by atoms with Crippen molar-refractivity contribution in [2.24, 2.45) is 17.3 Å². The Bertz CT molecular complexity index is 482. The van der Waals surface area contributed by atoms with Crippen molar-refractivity contribution in [3.8, 4) is 0 Å². The first kappa shape index (κ1) is 15.4. The van der Waals surface area contributed by atoms with Gasteiger partial charge in [0.05, 0.1) is 0 Å². The first-order chi connectivity index (χ1) is 10.1. The number of fused-ring (bicyclic) bond motifs is 1. The van der Waals surface area contributed by atoms with E-state index in [1.165, 1.54) is 42.9 Å². The van der Waals surface area contributed by atoms with Gasteiger partial charge < -0.3 is 5.32 Å². The average molecular weight is 304 g/mol. The molecular weight excluding hydrogens is 274 g/mol. The molecule has 2 heteroatoms. The molecule has 1 aromatic carbocycles. The van der Waals surface area contributed by atoms with Gasteiger partial charge in [0, 0.05) is 10.6 Å². The van der Waals surface area contributed by atoms with Crippen LogP contribution in [0.25, 0.3) is 0 Å². The van der Waals surface area contributed by atoms with E-state index in [0.717, 1.165) is 17.8 Å². The van der Waals surface area contributed by atoms with Crippen LogP contribution in [-0.4, -0.2) is 19.3 Å². The quantitative estimate of drug-likeness (QED) is 0.846. The minimum absolute atomic E-state index is 0.542. The van der Waals surface area contributed by atoms with Crippen molar-refractivity contribution >= 4 is 11.8 Å². The molecule has 1 aromatic rings. The Morgan fingerprint density at radius 3 is 2.86 bits per heavy atom. The fraction of sp³-hybridized carbons (Fsp3) is 0.684. The first-order valence-corrected chi connectivity index (χ1v) is 9.44. The molecule has 1 aliphatic heterocycles. The van der Waals surface area contributed by atoms with Crippen LogP contribution in [0.5, 0.6) is 0 Å². The van der Waals surface area contributed by atoms with Gasteiger partial charge in [0.1, 0.15) is 0 Å². The van der Waals surface area contributed by atoms with Crippen LogP contribution in [0, 0.1) is 17.3 Å². The maximum atomic E-state index is 3.43. The fourth-order valence-corrected chi connectivity index (χ4v) is 5.66. The highest BCUT2D eigenvalue weighted by molar-refractivity contribution is 7.99. The van der Waals surface area contributed by atoms with Crippen LogP contribution >= 0.6 is 11.8 Å². The number of thioether (sulfide) groups is 1. The molecule has 1 aliphatic carbocycles. The molecular formula is C19H29NS. The summed E-state index contributed by atoms with van der Waals surface area (Å²) in [7, 11) is 2.11. The van der Waals surface area contributed by atoms with Crippen LogP contribution in [0.4, 0.5) is 0 Å². The smallest absolute Gasteiger partial charge is 0.0107 e. The van der Waals surface area contributed by atoms with Gasteiger partial charge in [-0.05, 0) is 74.1 Å². The zero-order valence-corrected chi connectivity index (χ0v) is 14.5. The van der Waals surface area contributed by atoms with Gasteiger partial charge in [-0.25, -0.2) is 0 Å². The lowest BCUT2D eigenvalue weighted by Gasteiger charge is -2.42. The maximum Gasteiger partial charge on any atom is 0.0107 e. The van der Waals surface area contributed by atoms with E-state index >= 15 is 0 Å². The molecule has 3 atom stereocenters. The van der Waals surface area contributed by atoms with E-state index in [1.54, 1.807) is 5.56 Å². The van der Waals surface area contributed by atoms with E-state index in [0.29, 0.717) is 5.41 Å². The average Bonchev–Trinajstić information content (AvgIpc) is 2.85. The molecule has 0 spiro atoms. The van der Waals surface area contributed by atoms with Gasteiger partial charge >= 0.3 is 0 Å². The molecule has 1 saturated carbocycles. The highest BCUT2D eigenvalue weighted by Crippen LogP contribution is 2.48. The van der Waals surface area contributed by atoms with Gasteiger partial charge in [-0.2, -0.15) is 0 Å². The highest BCUT2D eigenvalue weighted by atomic mass is 32.2. The molecule has 3 unspecified atom stereocenters. The van der Waals surface area contributed by atoms with Gasteiger partial charge in [0.2, 0.25) is 0 Å². The first-order valence-electron chi connectivity index (χ1n) is 8.45. The molecule has 0 saturated heterocycles. The van der Waals surface area contributed by atoms with Gasteiger partial charge in [0.25, 0.3) is 0 Å². The van der Waals surface area contributed by atoms with Crippen molar-refractivity contribution in [3.63, 3.8) is 0 Å². The van der Waals surface area contributed by atoms with Crippen molar-refractivity contribution < 1.29 is 0 Å². The van der Waals surface area contributed by atoms with Crippen LogP contribution in [0.3, 0.4) is 0 Å². The summed E-state index contributed by atoms with van der Waals surface area (Å²) in [6.07, 6.45) is 5.59.